The van der Waals surface area contributed by atoms with Gasteiger partial charge in [0.05, 0.1) is 6.10 Å². The third kappa shape index (κ3) is 3.54. The highest BCUT2D eigenvalue weighted by Crippen LogP contribution is 2.32. The summed E-state index contributed by atoms with van der Waals surface area (Å²) < 4.78 is 8.34. The van der Waals surface area contributed by atoms with Crippen molar-refractivity contribution < 1.29 is 4.74 Å². The predicted molar refractivity (Wildman–Crippen MR) is 95.2 cm³/mol. The van der Waals surface area contributed by atoms with Crippen molar-refractivity contribution in [3.05, 3.63) is 30.1 Å². The van der Waals surface area contributed by atoms with E-state index < -0.39 is 0 Å². The number of aromatic nitrogens is 2. The molecule has 2 aromatic rings. The smallest absolute Gasteiger partial charge is 0.140 e. The van der Waals surface area contributed by atoms with Crippen molar-refractivity contribution >= 4 is 23.4 Å². The van der Waals surface area contributed by atoms with E-state index in [1.165, 1.54) is 49.9 Å². The lowest BCUT2D eigenvalue weighted by molar-refractivity contribution is 0.105. The van der Waals surface area contributed by atoms with Crippen LogP contribution in [0.1, 0.15) is 43.9 Å². The molecule has 0 saturated carbocycles. The Kier molecular flexibility index (Phi) is 5.57. The van der Waals surface area contributed by atoms with Crippen LogP contribution in [0.4, 0.5) is 0 Å². The van der Waals surface area contributed by atoms with Crippen LogP contribution in [-0.4, -0.2) is 40.7 Å². The maximum atomic E-state index is 5.94. The van der Waals surface area contributed by atoms with Crippen LogP contribution in [0.3, 0.4) is 0 Å². The number of likely N-dealkylation sites (tertiary alicyclic amines) is 1. The number of pyridine rings is 1. The van der Waals surface area contributed by atoms with Gasteiger partial charge in [-0.3, -0.25) is 0 Å². The fourth-order valence-corrected chi connectivity index (χ4v) is 3.84. The Bertz CT molecular complexity index is 630. The van der Waals surface area contributed by atoms with Crippen molar-refractivity contribution in [2.24, 2.45) is 0 Å². The lowest BCUT2D eigenvalue weighted by atomic mass is 10.1. The molecule has 2 aliphatic heterocycles. The molecular weight excluding hydrogens is 310 g/mol. The van der Waals surface area contributed by atoms with Crippen molar-refractivity contribution in [1.29, 1.82) is 0 Å². The summed E-state index contributed by atoms with van der Waals surface area (Å²) in [4.78, 5) is 7.22. The van der Waals surface area contributed by atoms with Gasteiger partial charge >= 0.3 is 0 Å². The second-order valence-electron chi connectivity index (χ2n) is 6.54. The van der Waals surface area contributed by atoms with E-state index >= 15 is 0 Å². The molecule has 126 valence electrons. The topological polar surface area (TPSA) is 30.3 Å². The SMILES string of the molecule is Cl.c1cnc2c(c1)cc([C@@H]1CCCO1)n2CCN1CCCCC1. The second-order valence-corrected chi connectivity index (χ2v) is 6.54. The van der Waals surface area contributed by atoms with Gasteiger partial charge < -0.3 is 14.2 Å². The third-order valence-corrected chi connectivity index (χ3v) is 5.04. The molecule has 0 N–H and O–H groups in total. The molecule has 4 heterocycles. The van der Waals surface area contributed by atoms with Gasteiger partial charge in [-0.05, 0) is 57.0 Å². The monoisotopic (exact) mass is 335 g/mol. The zero-order chi connectivity index (χ0) is 14.8. The summed E-state index contributed by atoms with van der Waals surface area (Å²) in [5.74, 6) is 0. The van der Waals surface area contributed by atoms with Gasteiger partial charge in [0.15, 0.2) is 0 Å². The molecule has 0 bridgehead atoms. The van der Waals surface area contributed by atoms with Gasteiger partial charge in [-0.15, -0.1) is 12.4 Å². The van der Waals surface area contributed by atoms with Crippen LogP contribution in [0.15, 0.2) is 24.4 Å². The minimum absolute atomic E-state index is 0. The van der Waals surface area contributed by atoms with Crippen molar-refractivity contribution in [3.63, 3.8) is 0 Å². The minimum Gasteiger partial charge on any atom is -0.372 e. The van der Waals surface area contributed by atoms with E-state index in [4.69, 9.17) is 4.74 Å². The van der Waals surface area contributed by atoms with Crippen LogP contribution in [0.2, 0.25) is 0 Å². The lowest BCUT2D eigenvalue weighted by Gasteiger charge is -2.27. The summed E-state index contributed by atoms with van der Waals surface area (Å²) in [5, 5.41) is 1.24. The number of rotatable bonds is 4. The molecule has 1 atom stereocenters. The Morgan fingerprint density at radius 2 is 2.00 bits per heavy atom. The van der Waals surface area contributed by atoms with Crippen LogP contribution < -0.4 is 0 Å². The number of halogens is 1. The van der Waals surface area contributed by atoms with E-state index in [1.807, 2.05) is 12.3 Å². The molecule has 0 amide bonds. The number of hydrogen-bond acceptors (Lipinski definition) is 3. The first kappa shape index (κ1) is 16.7. The molecule has 5 heteroatoms. The molecule has 2 fully saturated rings. The Balaban J connectivity index is 0.00000156. The quantitative estimate of drug-likeness (QED) is 0.851. The molecule has 4 nitrogen and oxygen atoms in total. The standard InChI is InChI=1S/C18H25N3O.ClH/c1-2-9-20(10-3-1)11-12-21-16(17-7-5-13-22-17)14-15-6-4-8-19-18(15)21;/h4,6,8,14,17H,1-3,5,7,9-13H2;1H/t17-;/m0./s1. The van der Waals surface area contributed by atoms with Crippen LogP contribution in [0.25, 0.3) is 11.0 Å². The summed E-state index contributed by atoms with van der Waals surface area (Å²) >= 11 is 0. The molecule has 2 aromatic heterocycles. The van der Waals surface area contributed by atoms with Crippen LogP contribution >= 0.6 is 12.4 Å². The first-order valence-corrected chi connectivity index (χ1v) is 8.70. The summed E-state index contributed by atoms with van der Waals surface area (Å²) in [6.07, 6.45) is 8.57. The minimum atomic E-state index is 0. The van der Waals surface area contributed by atoms with E-state index in [-0.39, 0.29) is 18.5 Å². The molecular formula is C18H26ClN3O. The highest BCUT2D eigenvalue weighted by Gasteiger charge is 2.23. The van der Waals surface area contributed by atoms with Gasteiger partial charge in [-0.25, -0.2) is 4.98 Å². The largest absolute Gasteiger partial charge is 0.372 e. The summed E-state index contributed by atoms with van der Waals surface area (Å²) in [5.41, 5.74) is 2.44. The maximum Gasteiger partial charge on any atom is 0.140 e. The number of nitrogens with zero attached hydrogens (tertiary/aromatic N) is 3. The highest BCUT2D eigenvalue weighted by molar-refractivity contribution is 5.85. The molecule has 23 heavy (non-hydrogen) atoms. The first-order chi connectivity index (χ1) is 10.9. The van der Waals surface area contributed by atoms with E-state index in [1.54, 1.807) is 0 Å². The molecule has 4 rings (SSSR count). The second kappa shape index (κ2) is 7.65. The molecule has 0 spiro atoms. The Labute approximate surface area is 144 Å². The Morgan fingerprint density at radius 1 is 1.13 bits per heavy atom. The molecule has 0 aromatic carbocycles. The van der Waals surface area contributed by atoms with E-state index in [0.717, 1.165) is 31.8 Å². The van der Waals surface area contributed by atoms with Gasteiger partial charge in [0.25, 0.3) is 0 Å². The zero-order valence-corrected chi connectivity index (χ0v) is 14.4. The molecule has 2 saturated heterocycles. The third-order valence-electron chi connectivity index (χ3n) is 5.04. The van der Waals surface area contributed by atoms with Crippen LogP contribution in [0.5, 0.6) is 0 Å². The van der Waals surface area contributed by atoms with Crippen molar-refractivity contribution in [2.75, 3.05) is 26.2 Å². The first-order valence-electron chi connectivity index (χ1n) is 8.70. The van der Waals surface area contributed by atoms with Crippen molar-refractivity contribution in [2.45, 2.75) is 44.8 Å². The fourth-order valence-electron chi connectivity index (χ4n) is 3.84. The van der Waals surface area contributed by atoms with Crippen molar-refractivity contribution in [1.82, 2.24) is 14.5 Å². The number of fused-ring (bicyclic) bond motifs is 1. The van der Waals surface area contributed by atoms with Crippen molar-refractivity contribution in [3.8, 4) is 0 Å². The number of ether oxygens (including phenoxy) is 1. The normalized spacial score (nSPS) is 22.3. The lowest BCUT2D eigenvalue weighted by Crippen LogP contribution is -2.33. The van der Waals surface area contributed by atoms with Gasteiger partial charge in [0.2, 0.25) is 0 Å². The van der Waals surface area contributed by atoms with Crippen LogP contribution in [0, 0.1) is 0 Å². The zero-order valence-electron chi connectivity index (χ0n) is 13.6. The van der Waals surface area contributed by atoms with Crippen LogP contribution in [-0.2, 0) is 11.3 Å². The van der Waals surface area contributed by atoms with E-state index in [2.05, 4.69) is 26.6 Å². The van der Waals surface area contributed by atoms with Gasteiger partial charge in [0, 0.05) is 37.0 Å². The van der Waals surface area contributed by atoms with Gasteiger partial charge in [-0.2, -0.15) is 0 Å². The average Bonchev–Trinajstić information content (AvgIpc) is 3.21. The Morgan fingerprint density at radius 3 is 2.78 bits per heavy atom. The predicted octanol–water partition coefficient (Wildman–Crippen LogP) is 3.80. The average molecular weight is 336 g/mol. The molecule has 0 radical (unpaired) electrons. The Hall–Kier alpha value is -1.10. The maximum absolute atomic E-state index is 5.94. The molecule has 0 unspecified atom stereocenters. The fraction of sp³-hybridized carbons (Fsp3) is 0.611. The summed E-state index contributed by atoms with van der Waals surface area (Å²) in [6, 6.07) is 6.48. The summed E-state index contributed by atoms with van der Waals surface area (Å²) in [6.45, 7) is 5.55. The molecule has 0 aliphatic carbocycles. The van der Waals surface area contributed by atoms with E-state index in [0.29, 0.717) is 0 Å². The molecule has 2 aliphatic rings. The highest BCUT2D eigenvalue weighted by atomic mass is 35.5. The number of hydrogen-bond donors (Lipinski definition) is 0. The van der Waals surface area contributed by atoms with E-state index in [9.17, 15) is 0 Å². The summed E-state index contributed by atoms with van der Waals surface area (Å²) in [7, 11) is 0. The number of piperidine rings is 1. The van der Waals surface area contributed by atoms with Gasteiger partial charge in [0.1, 0.15) is 5.65 Å². The van der Waals surface area contributed by atoms with Gasteiger partial charge in [-0.1, -0.05) is 6.42 Å².